The summed E-state index contributed by atoms with van der Waals surface area (Å²) < 4.78 is 13.5. The second-order valence-corrected chi connectivity index (χ2v) is 5.39. The summed E-state index contributed by atoms with van der Waals surface area (Å²) in [4.78, 5) is 3.28. The summed E-state index contributed by atoms with van der Waals surface area (Å²) in [6.45, 7) is 18.7. The Morgan fingerprint density at radius 3 is 2.12 bits per heavy atom. The lowest BCUT2D eigenvalue weighted by molar-refractivity contribution is 0.184. The van der Waals surface area contributed by atoms with Crippen LogP contribution in [0.5, 0.6) is 0 Å². The van der Waals surface area contributed by atoms with Crippen LogP contribution in [0.1, 0.15) is 34.6 Å². The molecule has 4 nitrogen and oxygen atoms in total. The molecule has 5 heteroatoms. The van der Waals surface area contributed by atoms with Crippen LogP contribution in [0.4, 0.5) is 0 Å². The molecule has 16 heavy (non-hydrogen) atoms. The van der Waals surface area contributed by atoms with Crippen molar-refractivity contribution in [1.29, 1.82) is 0 Å². The number of hydrogen-bond donors (Lipinski definition) is 0. The van der Waals surface area contributed by atoms with Crippen molar-refractivity contribution < 1.29 is 9.05 Å². The second-order valence-electron chi connectivity index (χ2n) is 3.94. The van der Waals surface area contributed by atoms with Gasteiger partial charge in [-0.2, -0.15) is 0 Å². The Morgan fingerprint density at radius 2 is 1.75 bits per heavy atom. The molecule has 0 aromatic rings. The minimum Gasteiger partial charge on any atom is -0.322 e. The van der Waals surface area contributed by atoms with Crippen molar-refractivity contribution >= 4 is 8.53 Å². The fraction of sp³-hybridized carbons (Fsp3) is 0.909. The van der Waals surface area contributed by atoms with Crippen molar-refractivity contribution in [3.8, 4) is 0 Å². The highest BCUT2D eigenvalue weighted by Gasteiger charge is 2.26. The van der Waals surface area contributed by atoms with Gasteiger partial charge in [0.1, 0.15) is 6.61 Å². The summed E-state index contributed by atoms with van der Waals surface area (Å²) in [5, 5.41) is 0. The third kappa shape index (κ3) is 5.77. The maximum Gasteiger partial charge on any atom is 0.259 e. The molecule has 0 aliphatic carbocycles. The van der Waals surface area contributed by atoms with Crippen LogP contribution in [0.3, 0.4) is 0 Å². The SMILES string of the molecule is [C-]#[N+]CCOP(OCC)N(C(C)C)C(C)C. The molecular weight excluding hydrogens is 223 g/mol. The van der Waals surface area contributed by atoms with Crippen LogP contribution in [-0.4, -0.2) is 36.5 Å². The fourth-order valence-corrected chi connectivity index (χ4v) is 2.97. The summed E-state index contributed by atoms with van der Waals surface area (Å²) in [6.07, 6.45) is 0. The molecule has 0 aromatic carbocycles. The van der Waals surface area contributed by atoms with Gasteiger partial charge in [0, 0.05) is 12.1 Å². The van der Waals surface area contributed by atoms with Crippen molar-refractivity contribution in [2.45, 2.75) is 46.7 Å². The van der Waals surface area contributed by atoms with Gasteiger partial charge in [-0.15, -0.1) is 0 Å². The smallest absolute Gasteiger partial charge is 0.259 e. The normalized spacial score (nSPS) is 13.4. The molecule has 0 saturated carbocycles. The van der Waals surface area contributed by atoms with Crippen molar-refractivity contribution in [2.75, 3.05) is 19.8 Å². The summed E-state index contributed by atoms with van der Waals surface area (Å²) in [5.41, 5.74) is 0. The lowest BCUT2D eigenvalue weighted by Crippen LogP contribution is -2.33. The Bertz CT molecular complexity index is 209. The molecule has 0 aromatic heterocycles. The molecule has 0 bridgehead atoms. The second kappa shape index (κ2) is 8.90. The topological polar surface area (TPSA) is 26.1 Å². The maximum atomic E-state index is 6.72. The lowest BCUT2D eigenvalue weighted by Gasteiger charge is -2.35. The zero-order chi connectivity index (χ0) is 12.6. The van der Waals surface area contributed by atoms with E-state index in [1.165, 1.54) is 0 Å². The Balaban J connectivity index is 4.39. The molecule has 0 heterocycles. The predicted octanol–water partition coefficient (Wildman–Crippen LogP) is 3.30. The molecule has 1 atom stereocenters. The third-order valence-corrected chi connectivity index (χ3v) is 4.07. The highest BCUT2D eigenvalue weighted by atomic mass is 31.2. The summed E-state index contributed by atoms with van der Waals surface area (Å²) in [7, 11) is -1.02. The molecule has 94 valence electrons. The van der Waals surface area contributed by atoms with E-state index in [2.05, 4.69) is 37.2 Å². The first-order chi connectivity index (χ1) is 7.54. The molecule has 0 saturated heterocycles. The average Bonchev–Trinajstić information content (AvgIpc) is 2.17. The van der Waals surface area contributed by atoms with Crippen molar-refractivity contribution in [3.05, 3.63) is 11.4 Å². The molecule has 1 unspecified atom stereocenters. The van der Waals surface area contributed by atoms with Crippen LogP contribution >= 0.6 is 8.53 Å². The van der Waals surface area contributed by atoms with E-state index in [9.17, 15) is 0 Å². The van der Waals surface area contributed by atoms with Crippen molar-refractivity contribution in [2.24, 2.45) is 0 Å². The minimum atomic E-state index is -1.02. The summed E-state index contributed by atoms with van der Waals surface area (Å²) in [6, 6.07) is 0.760. The Labute approximate surface area is 101 Å². The van der Waals surface area contributed by atoms with E-state index in [4.69, 9.17) is 15.6 Å². The van der Waals surface area contributed by atoms with Gasteiger partial charge in [-0.05, 0) is 34.6 Å². The first-order valence-electron chi connectivity index (χ1n) is 5.72. The molecule has 0 radical (unpaired) electrons. The highest BCUT2D eigenvalue weighted by molar-refractivity contribution is 7.44. The number of nitrogens with zero attached hydrogens (tertiary/aromatic N) is 2. The van der Waals surface area contributed by atoms with Crippen LogP contribution in [0.15, 0.2) is 0 Å². The van der Waals surface area contributed by atoms with Crippen LogP contribution in [0.25, 0.3) is 4.85 Å². The predicted molar refractivity (Wildman–Crippen MR) is 68.1 cm³/mol. The van der Waals surface area contributed by atoms with Crippen molar-refractivity contribution in [3.63, 3.8) is 0 Å². The lowest BCUT2D eigenvalue weighted by atomic mass is 10.3. The van der Waals surface area contributed by atoms with Crippen molar-refractivity contribution in [1.82, 2.24) is 4.67 Å². The average molecular weight is 246 g/mol. The van der Waals surface area contributed by atoms with Gasteiger partial charge in [0.15, 0.2) is 0 Å². The van der Waals surface area contributed by atoms with Crippen LogP contribution in [0, 0.1) is 6.57 Å². The largest absolute Gasteiger partial charge is 0.322 e. The summed E-state index contributed by atoms with van der Waals surface area (Å²) in [5.74, 6) is 0. The van der Waals surface area contributed by atoms with Crippen LogP contribution in [-0.2, 0) is 9.05 Å². The quantitative estimate of drug-likeness (QED) is 0.373. The molecule has 0 aliphatic rings. The van der Waals surface area contributed by atoms with Crippen LogP contribution in [0.2, 0.25) is 0 Å². The Kier molecular flexibility index (Phi) is 8.78. The van der Waals surface area contributed by atoms with E-state index >= 15 is 0 Å². The molecule has 0 N–H and O–H groups in total. The van der Waals surface area contributed by atoms with E-state index in [1.807, 2.05) is 6.92 Å². The number of rotatable bonds is 8. The maximum absolute atomic E-state index is 6.72. The van der Waals surface area contributed by atoms with Gasteiger partial charge < -0.3 is 13.9 Å². The van der Waals surface area contributed by atoms with Gasteiger partial charge >= 0.3 is 0 Å². The summed E-state index contributed by atoms with van der Waals surface area (Å²) >= 11 is 0. The van der Waals surface area contributed by atoms with E-state index in [0.29, 0.717) is 31.8 Å². The Morgan fingerprint density at radius 1 is 1.19 bits per heavy atom. The molecule has 0 aliphatic heterocycles. The van der Waals surface area contributed by atoms with Gasteiger partial charge in [-0.25, -0.2) is 11.2 Å². The van der Waals surface area contributed by atoms with Gasteiger partial charge in [0.05, 0.1) is 6.61 Å². The van der Waals surface area contributed by atoms with Gasteiger partial charge in [0.25, 0.3) is 8.53 Å². The van der Waals surface area contributed by atoms with Gasteiger partial charge in [0.2, 0.25) is 6.54 Å². The standard InChI is InChI=1S/C11H23N2O2P/c1-7-14-16(15-9-8-12-6)13(10(2)3)11(4)5/h10-11H,7-9H2,1-5H3. The monoisotopic (exact) mass is 246 g/mol. The zero-order valence-electron chi connectivity index (χ0n) is 10.9. The van der Waals surface area contributed by atoms with Gasteiger partial charge in [-0.3, -0.25) is 0 Å². The zero-order valence-corrected chi connectivity index (χ0v) is 11.8. The first kappa shape index (κ1) is 15.8. The molecular formula is C11H23N2O2P. The molecule has 0 fully saturated rings. The Hall–Kier alpha value is -0.200. The minimum absolute atomic E-state index is 0.380. The van der Waals surface area contributed by atoms with Crippen LogP contribution < -0.4 is 0 Å². The van der Waals surface area contributed by atoms with E-state index in [-0.39, 0.29) is 0 Å². The molecule has 0 rings (SSSR count). The number of hydrogen-bond acceptors (Lipinski definition) is 3. The van der Waals surface area contributed by atoms with E-state index in [1.54, 1.807) is 0 Å². The third-order valence-electron chi connectivity index (χ3n) is 1.89. The van der Waals surface area contributed by atoms with E-state index in [0.717, 1.165) is 0 Å². The highest BCUT2D eigenvalue weighted by Crippen LogP contribution is 2.45. The van der Waals surface area contributed by atoms with Gasteiger partial charge in [-0.1, -0.05) is 0 Å². The first-order valence-corrected chi connectivity index (χ1v) is 6.85. The van der Waals surface area contributed by atoms with E-state index < -0.39 is 8.53 Å². The fourth-order valence-electron chi connectivity index (χ4n) is 1.42. The molecule has 0 spiro atoms. The molecule has 0 amide bonds.